The maximum Gasteiger partial charge on any atom is 0.115 e. The first kappa shape index (κ1) is 9.46. The Morgan fingerprint density at radius 2 is 1.31 bits per heavy atom. The van der Waals surface area contributed by atoms with E-state index >= 15 is 0 Å². The Labute approximate surface area is 95.4 Å². The third-order valence-corrected chi connectivity index (χ3v) is 3.34. The van der Waals surface area contributed by atoms with Crippen molar-refractivity contribution in [1.29, 1.82) is 0 Å². The first-order chi connectivity index (χ1) is 7.84. The van der Waals surface area contributed by atoms with Crippen molar-refractivity contribution in [3.05, 3.63) is 65.7 Å². The Kier molecular flexibility index (Phi) is 2.17. The highest BCUT2D eigenvalue weighted by Crippen LogP contribution is 2.54. The average Bonchev–Trinajstić information content (AvgIpc) is 3.11. The van der Waals surface area contributed by atoms with Gasteiger partial charge < -0.3 is 5.11 Å². The van der Waals surface area contributed by atoms with Crippen molar-refractivity contribution < 1.29 is 5.11 Å². The summed E-state index contributed by atoms with van der Waals surface area (Å²) >= 11 is 0. The van der Waals surface area contributed by atoms with E-state index in [4.69, 9.17) is 0 Å². The Morgan fingerprint density at radius 1 is 0.750 bits per heavy atom. The molecule has 2 aromatic carbocycles. The normalized spacial score (nSPS) is 23.0. The zero-order chi connectivity index (χ0) is 11.0. The molecule has 0 unspecified atom stereocenters. The molecule has 0 heterocycles. The van der Waals surface area contributed by atoms with E-state index in [9.17, 15) is 5.11 Å². The molecule has 1 saturated carbocycles. The molecule has 0 radical (unpaired) electrons. The predicted octanol–water partition coefficient (Wildman–Crippen LogP) is 3.66. The van der Waals surface area contributed by atoms with E-state index in [2.05, 4.69) is 30.3 Å². The lowest BCUT2D eigenvalue weighted by molar-refractivity contribution is 0.475. The topological polar surface area (TPSA) is 20.2 Å². The van der Waals surface area contributed by atoms with Crippen LogP contribution in [-0.2, 0) is 0 Å². The molecule has 3 rings (SSSR count). The standard InChI is InChI=1S/C15H14O/c16-13-8-6-12(7-9-13)15-10-14(15)11-4-2-1-3-5-11/h1-9,14-16H,10H2/t14-,15-/m0/s1. The van der Waals surface area contributed by atoms with Gasteiger partial charge in [-0.1, -0.05) is 42.5 Å². The molecule has 0 saturated heterocycles. The van der Waals surface area contributed by atoms with Gasteiger partial charge in [0, 0.05) is 0 Å². The summed E-state index contributed by atoms with van der Waals surface area (Å²) in [7, 11) is 0. The van der Waals surface area contributed by atoms with E-state index in [0.29, 0.717) is 17.6 Å². The van der Waals surface area contributed by atoms with Gasteiger partial charge in [0.1, 0.15) is 5.75 Å². The van der Waals surface area contributed by atoms with E-state index in [1.54, 1.807) is 12.1 Å². The summed E-state index contributed by atoms with van der Waals surface area (Å²) in [5.41, 5.74) is 2.77. The molecule has 1 aliphatic rings. The van der Waals surface area contributed by atoms with Crippen LogP contribution in [-0.4, -0.2) is 5.11 Å². The van der Waals surface area contributed by atoms with Gasteiger partial charge in [0.05, 0.1) is 0 Å². The molecule has 0 aliphatic heterocycles. The van der Waals surface area contributed by atoms with Crippen molar-refractivity contribution in [3.8, 4) is 5.75 Å². The van der Waals surface area contributed by atoms with Crippen LogP contribution >= 0.6 is 0 Å². The van der Waals surface area contributed by atoms with Gasteiger partial charge in [-0.2, -0.15) is 0 Å². The van der Waals surface area contributed by atoms with Crippen LogP contribution in [0, 0.1) is 0 Å². The van der Waals surface area contributed by atoms with Gasteiger partial charge in [0.15, 0.2) is 0 Å². The first-order valence-electron chi connectivity index (χ1n) is 5.68. The minimum atomic E-state index is 0.348. The Morgan fingerprint density at radius 3 is 1.94 bits per heavy atom. The zero-order valence-corrected chi connectivity index (χ0v) is 9.01. The van der Waals surface area contributed by atoms with E-state index < -0.39 is 0 Å². The highest BCUT2D eigenvalue weighted by Gasteiger charge is 2.39. The fraction of sp³-hybridized carbons (Fsp3) is 0.200. The van der Waals surface area contributed by atoms with Crippen LogP contribution in [0.5, 0.6) is 5.75 Å². The number of hydrogen-bond donors (Lipinski definition) is 1. The van der Waals surface area contributed by atoms with Crippen LogP contribution in [0.1, 0.15) is 29.4 Å². The van der Waals surface area contributed by atoms with Gasteiger partial charge in [0.25, 0.3) is 0 Å². The summed E-state index contributed by atoms with van der Waals surface area (Å²) in [5, 5.41) is 9.24. The molecule has 1 nitrogen and oxygen atoms in total. The number of benzene rings is 2. The minimum Gasteiger partial charge on any atom is -0.508 e. The number of phenols is 1. The third-order valence-electron chi connectivity index (χ3n) is 3.34. The first-order valence-corrected chi connectivity index (χ1v) is 5.68. The van der Waals surface area contributed by atoms with E-state index in [0.717, 1.165) is 0 Å². The lowest BCUT2D eigenvalue weighted by atomic mass is 10.0. The minimum absolute atomic E-state index is 0.348. The van der Waals surface area contributed by atoms with Gasteiger partial charge >= 0.3 is 0 Å². The molecular weight excluding hydrogens is 196 g/mol. The second-order valence-electron chi connectivity index (χ2n) is 4.45. The maximum atomic E-state index is 9.24. The van der Waals surface area contributed by atoms with Crippen molar-refractivity contribution in [2.24, 2.45) is 0 Å². The summed E-state index contributed by atoms with van der Waals surface area (Å²) in [6.45, 7) is 0. The second-order valence-corrected chi connectivity index (χ2v) is 4.45. The van der Waals surface area contributed by atoms with Crippen LogP contribution in [0.15, 0.2) is 54.6 Å². The lowest BCUT2D eigenvalue weighted by Gasteiger charge is -2.01. The van der Waals surface area contributed by atoms with Crippen molar-refractivity contribution in [1.82, 2.24) is 0 Å². The molecule has 1 N–H and O–H groups in total. The predicted molar refractivity (Wildman–Crippen MR) is 64.6 cm³/mol. The van der Waals surface area contributed by atoms with Crippen molar-refractivity contribution in [3.63, 3.8) is 0 Å². The van der Waals surface area contributed by atoms with Gasteiger partial charge in [-0.3, -0.25) is 0 Å². The van der Waals surface area contributed by atoms with Crippen LogP contribution < -0.4 is 0 Å². The average molecular weight is 210 g/mol. The van der Waals surface area contributed by atoms with Crippen molar-refractivity contribution >= 4 is 0 Å². The molecule has 80 valence electrons. The molecule has 0 bridgehead atoms. The largest absolute Gasteiger partial charge is 0.508 e. The van der Waals surface area contributed by atoms with Gasteiger partial charge in [0.2, 0.25) is 0 Å². The molecule has 2 aromatic rings. The second kappa shape index (κ2) is 3.67. The van der Waals surface area contributed by atoms with Gasteiger partial charge in [-0.15, -0.1) is 0 Å². The molecule has 1 fully saturated rings. The number of aromatic hydroxyl groups is 1. The Bertz CT molecular complexity index is 473. The lowest BCUT2D eigenvalue weighted by Crippen LogP contribution is -1.83. The molecule has 1 heteroatoms. The van der Waals surface area contributed by atoms with Gasteiger partial charge in [-0.25, -0.2) is 0 Å². The summed E-state index contributed by atoms with van der Waals surface area (Å²) in [5.74, 6) is 1.66. The van der Waals surface area contributed by atoms with Crippen molar-refractivity contribution in [2.45, 2.75) is 18.3 Å². The smallest absolute Gasteiger partial charge is 0.115 e. The fourth-order valence-electron chi connectivity index (χ4n) is 2.35. The number of hydrogen-bond acceptors (Lipinski definition) is 1. The fourth-order valence-corrected chi connectivity index (χ4v) is 2.35. The molecule has 0 amide bonds. The number of rotatable bonds is 2. The molecule has 0 aromatic heterocycles. The molecule has 16 heavy (non-hydrogen) atoms. The Balaban J connectivity index is 1.79. The quantitative estimate of drug-likeness (QED) is 0.802. The van der Waals surface area contributed by atoms with Crippen LogP contribution in [0.4, 0.5) is 0 Å². The highest BCUT2D eigenvalue weighted by molar-refractivity contribution is 5.38. The van der Waals surface area contributed by atoms with Crippen LogP contribution in [0.3, 0.4) is 0 Å². The maximum absolute atomic E-state index is 9.24. The van der Waals surface area contributed by atoms with Gasteiger partial charge in [-0.05, 0) is 41.5 Å². The zero-order valence-electron chi connectivity index (χ0n) is 9.01. The van der Waals surface area contributed by atoms with E-state index in [1.165, 1.54) is 17.5 Å². The molecule has 2 atom stereocenters. The summed E-state index contributed by atoms with van der Waals surface area (Å²) < 4.78 is 0. The molecule has 0 spiro atoms. The monoisotopic (exact) mass is 210 g/mol. The Hall–Kier alpha value is -1.76. The van der Waals surface area contributed by atoms with Crippen molar-refractivity contribution in [2.75, 3.05) is 0 Å². The molecular formula is C15H14O. The van der Waals surface area contributed by atoms with Crippen LogP contribution in [0.2, 0.25) is 0 Å². The SMILES string of the molecule is Oc1ccc([C@@H]2C[C@H]2c2ccccc2)cc1. The summed E-state index contributed by atoms with van der Waals surface area (Å²) in [6.07, 6.45) is 1.23. The third kappa shape index (κ3) is 1.69. The number of phenolic OH excluding ortho intramolecular Hbond substituents is 1. The summed E-state index contributed by atoms with van der Waals surface area (Å²) in [4.78, 5) is 0. The highest BCUT2D eigenvalue weighted by atomic mass is 16.3. The summed E-state index contributed by atoms with van der Waals surface area (Å²) in [6, 6.07) is 18.3. The van der Waals surface area contributed by atoms with Crippen LogP contribution in [0.25, 0.3) is 0 Å². The van der Waals surface area contributed by atoms with E-state index in [-0.39, 0.29) is 0 Å². The molecule has 1 aliphatic carbocycles. The van der Waals surface area contributed by atoms with E-state index in [1.807, 2.05) is 12.1 Å².